The molecule has 1 amide bonds. The molecule has 0 radical (unpaired) electrons. The van der Waals surface area contributed by atoms with Crippen molar-refractivity contribution in [3.63, 3.8) is 0 Å². The van der Waals surface area contributed by atoms with Crippen LogP contribution in [0, 0.1) is 0 Å². The molecule has 0 aliphatic rings. The lowest BCUT2D eigenvalue weighted by Gasteiger charge is -2.11. The molecule has 0 saturated heterocycles. The van der Waals surface area contributed by atoms with Crippen molar-refractivity contribution in [1.29, 1.82) is 0 Å². The normalized spacial score (nSPS) is 10.9. The Morgan fingerprint density at radius 2 is 1.62 bits per heavy atom. The molecule has 6 heteroatoms. The average molecular weight is 304 g/mol. The summed E-state index contributed by atoms with van der Waals surface area (Å²) in [4.78, 5) is 12.3. The van der Waals surface area contributed by atoms with Crippen LogP contribution in [0.4, 0.5) is 11.4 Å². The Hall–Kier alpha value is -2.34. The Morgan fingerprint density at radius 1 is 1.00 bits per heavy atom. The van der Waals surface area contributed by atoms with E-state index in [1.807, 2.05) is 6.07 Å². The molecule has 2 aromatic carbocycles. The Balaban J connectivity index is 2.25. The SMILES string of the molecule is CCS(=O)(=O)Nc1ccccc1C(=O)Nc1ccccc1. The number of carbonyl (C=O) groups is 1. The van der Waals surface area contributed by atoms with Crippen molar-refractivity contribution >= 4 is 27.3 Å². The highest BCUT2D eigenvalue weighted by molar-refractivity contribution is 7.92. The van der Waals surface area contributed by atoms with Gasteiger partial charge in [-0.25, -0.2) is 8.42 Å². The van der Waals surface area contributed by atoms with Crippen LogP contribution in [0.5, 0.6) is 0 Å². The molecule has 0 unspecified atom stereocenters. The van der Waals surface area contributed by atoms with Crippen LogP contribution in [0.2, 0.25) is 0 Å². The van der Waals surface area contributed by atoms with E-state index >= 15 is 0 Å². The van der Waals surface area contributed by atoms with Crippen LogP contribution in [0.15, 0.2) is 54.6 Å². The first kappa shape index (κ1) is 15.1. The van der Waals surface area contributed by atoms with Gasteiger partial charge < -0.3 is 5.32 Å². The highest BCUT2D eigenvalue weighted by atomic mass is 32.2. The van der Waals surface area contributed by atoms with Gasteiger partial charge in [-0.05, 0) is 31.2 Å². The summed E-state index contributed by atoms with van der Waals surface area (Å²) in [6, 6.07) is 15.5. The van der Waals surface area contributed by atoms with Gasteiger partial charge in [0.05, 0.1) is 17.0 Å². The average Bonchev–Trinajstić information content (AvgIpc) is 2.48. The van der Waals surface area contributed by atoms with Crippen molar-refractivity contribution in [3.8, 4) is 0 Å². The minimum atomic E-state index is -3.43. The molecule has 110 valence electrons. The van der Waals surface area contributed by atoms with Crippen LogP contribution in [-0.2, 0) is 10.0 Å². The van der Waals surface area contributed by atoms with Crippen LogP contribution in [0.3, 0.4) is 0 Å². The zero-order valence-corrected chi connectivity index (χ0v) is 12.4. The van der Waals surface area contributed by atoms with Gasteiger partial charge in [-0.2, -0.15) is 0 Å². The number of para-hydroxylation sites is 2. The van der Waals surface area contributed by atoms with E-state index in [1.54, 1.807) is 48.5 Å². The number of rotatable bonds is 5. The minimum Gasteiger partial charge on any atom is -0.322 e. The number of anilines is 2. The molecule has 0 aliphatic heterocycles. The van der Waals surface area contributed by atoms with Gasteiger partial charge in [0.1, 0.15) is 0 Å². The van der Waals surface area contributed by atoms with Crippen LogP contribution in [-0.4, -0.2) is 20.1 Å². The first-order chi connectivity index (χ1) is 10.0. The lowest BCUT2D eigenvalue weighted by atomic mass is 10.1. The van der Waals surface area contributed by atoms with E-state index in [0.29, 0.717) is 5.69 Å². The zero-order chi connectivity index (χ0) is 15.3. The highest BCUT2D eigenvalue weighted by Crippen LogP contribution is 2.18. The molecule has 2 N–H and O–H groups in total. The smallest absolute Gasteiger partial charge is 0.257 e. The van der Waals surface area contributed by atoms with E-state index in [4.69, 9.17) is 0 Å². The van der Waals surface area contributed by atoms with E-state index < -0.39 is 10.0 Å². The second kappa shape index (κ2) is 6.41. The predicted octanol–water partition coefficient (Wildman–Crippen LogP) is 2.70. The molecule has 5 nitrogen and oxygen atoms in total. The van der Waals surface area contributed by atoms with Crippen LogP contribution in [0.25, 0.3) is 0 Å². The van der Waals surface area contributed by atoms with Crippen molar-refractivity contribution in [2.45, 2.75) is 6.92 Å². The maximum absolute atomic E-state index is 12.3. The maximum atomic E-state index is 12.3. The van der Waals surface area contributed by atoms with Gasteiger partial charge in [0, 0.05) is 5.69 Å². The third-order valence-corrected chi connectivity index (χ3v) is 4.14. The summed E-state index contributed by atoms with van der Waals surface area (Å²) in [6.45, 7) is 1.54. The zero-order valence-electron chi connectivity index (χ0n) is 11.5. The molecular weight excluding hydrogens is 288 g/mol. The molecule has 0 atom stereocenters. The Kier molecular flexibility index (Phi) is 4.59. The van der Waals surface area contributed by atoms with Gasteiger partial charge in [-0.1, -0.05) is 30.3 Å². The summed E-state index contributed by atoms with van der Waals surface area (Å²) < 4.78 is 25.7. The molecule has 0 aliphatic carbocycles. The molecule has 2 aromatic rings. The molecule has 0 saturated carbocycles. The maximum Gasteiger partial charge on any atom is 0.257 e. The number of hydrogen-bond donors (Lipinski definition) is 2. The van der Waals surface area contributed by atoms with Gasteiger partial charge in [-0.15, -0.1) is 0 Å². The van der Waals surface area contributed by atoms with Crippen LogP contribution in [0.1, 0.15) is 17.3 Å². The van der Waals surface area contributed by atoms with E-state index in [0.717, 1.165) is 0 Å². The largest absolute Gasteiger partial charge is 0.322 e. The first-order valence-electron chi connectivity index (χ1n) is 6.48. The number of sulfonamides is 1. The monoisotopic (exact) mass is 304 g/mol. The number of benzene rings is 2. The summed E-state index contributed by atoms with van der Waals surface area (Å²) in [6.07, 6.45) is 0. The van der Waals surface area contributed by atoms with Crippen molar-refractivity contribution in [2.75, 3.05) is 15.8 Å². The standard InChI is InChI=1S/C15H16N2O3S/c1-2-21(19,20)17-14-11-7-6-10-13(14)15(18)16-12-8-4-3-5-9-12/h3-11,17H,2H2,1H3,(H,16,18). The summed E-state index contributed by atoms with van der Waals surface area (Å²) >= 11 is 0. The first-order valence-corrected chi connectivity index (χ1v) is 8.13. The topological polar surface area (TPSA) is 75.3 Å². The minimum absolute atomic E-state index is 0.0539. The quantitative estimate of drug-likeness (QED) is 0.891. The molecule has 0 aromatic heterocycles. The van der Waals surface area contributed by atoms with E-state index in [2.05, 4.69) is 10.0 Å². The Morgan fingerprint density at radius 3 is 2.29 bits per heavy atom. The van der Waals surface area contributed by atoms with Crippen molar-refractivity contribution < 1.29 is 13.2 Å². The lowest BCUT2D eigenvalue weighted by Crippen LogP contribution is -2.19. The number of carbonyl (C=O) groups excluding carboxylic acids is 1. The van der Waals surface area contributed by atoms with Gasteiger partial charge in [0.25, 0.3) is 5.91 Å². The highest BCUT2D eigenvalue weighted by Gasteiger charge is 2.15. The number of nitrogens with one attached hydrogen (secondary N) is 2. The molecule has 0 heterocycles. The van der Waals surface area contributed by atoms with Gasteiger partial charge in [-0.3, -0.25) is 9.52 Å². The fourth-order valence-corrected chi connectivity index (χ4v) is 2.39. The number of amides is 1. The van der Waals surface area contributed by atoms with E-state index in [-0.39, 0.29) is 22.9 Å². The second-order valence-corrected chi connectivity index (χ2v) is 6.38. The molecule has 0 spiro atoms. The second-order valence-electron chi connectivity index (χ2n) is 4.37. The summed E-state index contributed by atoms with van der Waals surface area (Å²) in [5, 5.41) is 2.73. The third kappa shape index (κ3) is 4.06. The molecular formula is C15H16N2O3S. The van der Waals surface area contributed by atoms with Crippen molar-refractivity contribution in [2.24, 2.45) is 0 Å². The van der Waals surface area contributed by atoms with E-state index in [9.17, 15) is 13.2 Å². The third-order valence-electron chi connectivity index (χ3n) is 2.85. The van der Waals surface area contributed by atoms with Crippen molar-refractivity contribution in [1.82, 2.24) is 0 Å². The van der Waals surface area contributed by atoms with Gasteiger partial charge in [0.15, 0.2) is 0 Å². The molecule has 2 rings (SSSR count). The Labute approximate surface area is 124 Å². The fraction of sp³-hybridized carbons (Fsp3) is 0.133. The molecule has 0 fully saturated rings. The Bertz CT molecular complexity index is 728. The van der Waals surface area contributed by atoms with E-state index in [1.165, 1.54) is 6.92 Å². The predicted molar refractivity (Wildman–Crippen MR) is 83.9 cm³/mol. The number of hydrogen-bond acceptors (Lipinski definition) is 3. The van der Waals surface area contributed by atoms with Crippen LogP contribution < -0.4 is 10.0 Å². The van der Waals surface area contributed by atoms with Crippen LogP contribution >= 0.6 is 0 Å². The fourth-order valence-electron chi connectivity index (χ4n) is 1.73. The van der Waals surface area contributed by atoms with Crippen molar-refractivity contribution in [3.05, 3.63) is 60.2 Å². The lowest BCUT2D eigenvalue weighted by molar-refractivity contribution is 0.102. The van der Waals surface area contributed by atoms with Gasteiger partial charge >= 0.3 is 0 Å². The summed E-state index contributed by atoms with van der Waals surface area (Å²) in [5.74, 6) is -0.419. The summed E-state index contributed by atoms with van der Waals surface area (Å²) in [7, 11) is -3.43. The van der Waals surface area contributed by atoms with Gasteiger partial charge in [0.2, 0.25) is 10.0 Å². The molecule has 0 bridgehead atoms. The summed E-state index contributed by atoms with van der Waals surface area (Å²) in [5.41, 5.74) is 1.20. The molecule has 21 heavy (non-hydrogen) atoms.